The van der Waals surface area contributed by atoms with E-state index in [4.69, 9.17) is 5.73 Å². The van der Waals surface area contributed by atoms with E-state index in [2.05, 4.69) is 9.88 Å². The summed E-state index contributed by atoms with van der Waals surface area (Å²) >= 11 is 0. The minimum Gasteiger partial charge on any atom is -0.358 e. The highest BCUT2D eigenvalue weighted by Crippen LogP contribution is 2.17. The summed E-state index contributed by atoms with van der Waals surface area (Å²) in [5.41, 5.74) is 8.03. The van der Waals surface area contributed by atoms with E-state index >= 15 is 0 Å². The Morgan fingerprint density at radius 1 is 1.20 bits per heavy atom. The van der Waals surface area contributed by atoms with Gasteiger partial charge in [-0.05, 0) is 30.2 Å². The second kappa shape index (κ2) is 10.2. The maximum atomic E-state index is 12.6. The van der Waals surface area contributed by atoms with E-state index in [0.29, 0.717) is 19.6 Å². The van der Waals surface area contributed by atoms with Crippen LogP contribution in [-0.2, 0) is 11.3 Å². The van der Waals surface area contributed by atoms with E-state index in [0.717, 1.165) is 24.2 Å². The standard InChI is InChI=1S/C18H22N4O.2ClH/c19-16-8-10-21(13-16)18(23)14-22(17-6-2-1-3-7-17)12-15-5-4-9-20-11-15;;/h1-7,9,11,16H,8,10,12-14,19H2;2*1H/t16-;;/m1../s1. The summed E-state index contributed by atoms with van der Waals surface area (Å²) in [4.78, 5) is 20.7. The average Bonchev–Trinajstić information content (AvgIpc) is 3.03. The van der Waals surface area contributed by atoms with Crippen molar-refractivity contribution in [3.8, 4) is 0 Å². The molecule has 7 heteroatoms. The monoisotopic (exact) mass is 382 g/mol. The molecule has 1 aliphatic rings. The number of pyridine rings is 1. The Labute approximate surface area is 161 Å². The van der Waals surface area contributed by atoms with E-state index in [9.17, 15) is 4.79 Å². The Kier molecular flexibility index (Phi) is 8.69. The normalized spacial score (nSPS) is 15.9. The van der Waals surface area contributed by atoms with Crippen LogP contribution in [0.3, 0.4) is 0 Å². The van der Waals surface area contributed by atoms with Gasteiger partial charge in [0, 0.05) is 43.8 Å². The van der Waals surface area contributed by atoms with Gasteiger partial charge >= 0.3 is 0 Å². The van der Waals surface area contributed by atoms with Crippen molar-refractivity contribution < 1.29 is 4.79 Å². The van der Waals surface area contributed by atoms with Crippen molar-refractivity contribution in [3.05, 3.63) is 60.4 Å². The largest absolute Gasteiger partial charge is 0.358 e. The molecule has 1 aromatic heterocycles. The molecule has 0 aliphatic carbocycles. The fourth-order valence-corrected chi connectivity index (χ4v) is 2.87. The summed E-state index contributed by atoms with van der Waals surface area (Å²) in [5, 5.41) is 0. The van der Waals surface area contributed by atoms with Crippen molar-refractivity contribution >= 4 is 36.4 Å². The number of anilines is 1. The van der Waals surface area contributed by atoms with Crippen molar-refractivity contribution in [2.75, 3.05) is 24.5 Å². The van der Waals surface area contributed by atoms with Gasteiger partial charge in [-0.25, -0.2) is 0 Å². The molecule has 0 radical (unpaired) electrons. The van der Waals surface area contributed by atoms with Gasteiger partial charge in [-0.15, -0.1) is 24.8 Å². The first-order valence-corrected chi connectivity index (χ1v) is 7.94. The Morgan fingerprint density at radius 3 is 2.56 bits per heavy atom. The van der Waals surface area contributed by atoms with Crippen LogP contribution < -0.4 is 10.6 Å². The van der Waals surface area contributed by atoms with Crippen molar-refractivity contribution in [3.63, 3.8) is 0 Å². The quantitative estimate of drug-likeness (QED) is 0.862. The number of nitrogens with zero attached hydrogens (tertiary/aromatic N) is 3. The summed E-state index contributed by atoms with van der Waals surface area (Å²) in [6.07, 6.45) is 4.49. The highest BCUT2D eigenvalue weighted by atomic mass is 35.5. The van der Waals surface area contributed by atoms with Crippen molar-refractivity contribution in [2.45, 2.75) is 19.0 Å². The van der Waals surface area contributed by atoms with Crippen LogP contribution in [0.15, 0.2) is 54.9 Å². The van der Waals surface area contributed by atoms with Crippen LogP contribution in [-0.4, -0.2) is 41.5 Å². The number of amides is 1. The van der Waals surface area contributed by atoms with Gasteiger partial charge in [-0.1, -0.05) is 24.3 Å². The molecule has 1 atom stereocenters. The van der Waals surface area contributed by atoms with Crippen molar-refractivity contribution in [1.82, 2.24) is 9.88 Å². The zero-order valence-electron chi connectivity index (χ0n) is 14.0. The number of aromatic nitrogens is 1. The topological polar surface area (TPSA) is 62.5 Å². The third-order valence-corrected chi connectivity index (χ3v) is 4.12. The molecule has 1 saturated heterocycles. The van der Waals surface area contributed by atoms with Crippen LogP contribution >= 0.6 is 24.8 Å². The van der Waals surface area contributed by atoms with Gasteiger partial charge in [-0.2, -0.15) is 0 Å². The zero-order chi connectivity index (χ0) is 16.1. The number of likely N-dealkylation sites (tertiary alicyclic amines) is 1. The molecule has 136 valence electrons. The van der Waals surface area contributed by atoms with Crippen LogP contribution in [0.5, 0.6) is 0 Å². The second-order valence-electron chi connectivity index (χ2n) is 5.94. The molecule has 0 unspecified atom stereocenters. The molecule has 1 aliphatic heterocycles. The predicted molar refractivity (Wildman–Crippen MR) is 105 cm³/mol. The van der Waals surface area contributed by atoms with Crippen LogP contribution in [0.25, 0.3) is 0 Å². The van der Waals surface area contributed by atoms with Gasteiger partial charge in [0.15, 0.2) is 0 Å². The van der Waals surface area contributed by atoms with Gasteiger partial charge in [0.1, 0.15) is 0 Å². The van der Waals surface area contributed by atoms with E-state index in [-0.39, 0.29) is 36.8 Å². The fourth-order valence-electron chi connectivity index (χ4n) is 2.87. The number of nitrogens with two attached hydrogens (primary N) is 1. The summed E-state index contributed by atoms with van der Waals surface area (Å²) < 4.78 is 0. The molecule has 2 N–H and O–H groups in total. The Balaban J connectivity index is 0.00000156. The Bertz CT molecular complexity index is 642. The Morgan fingerprint density at radius 2 is 1.96 bits per heavy atom. The highest BCUT2D eigenvalue weighted by Gasteiger charge is 2.25. The lowest BCUT2D eigenvalue weighted by atomic mass is 10.2. The number of para-hydroxylation sites is 1. The van der Waals surface area contributed by atoms with E-state index in [1.54, 1.807) is 6.20 Å². The van der Waals surface area contributed by atoms with Gasteiger partial charge in [0.05, 0.1) is 6.54 Å². The number of halogens is 2. The van der Waals surface area contributed by atoms with Crippen molar-refractivity contribution in [1.29, 1.82) is 0 Å². The van der Waals surface area contributed by atoms with Crippen LogP contribution in [0.1, 0.15) is 12.0 Å². The first-order chi connectivity index (χ1) is 11.2. The zero-order valence-corrected chi connectivity index (χ0v) is 15.6. The van der Waals surface area contributed by atoms with E-state index in [1.807, 2.05) is 53.6 Å². The number of carbonyl (C=O) groups excluding carboxylic acids is 1. The van der Waals surface area contributed by atoms with Crippen molar-refractivity contribution in [2.24, 2.45) is 5.73 Å². The molecule has 1 amide bonds. The summed E-state index contributed by atoms with van der Waals surface area (Å²) in [7, 11) is 0. The molecular formula is C18H24Cl2N4O. The Hall–Kier alpha value is -1.82. The lowest BCUT2D eigenvalue weighted by Crippen LogP contribution is -2.40. The number of hydrogen-bond donors (Lipinski definition) is 1. The van der Waals surface area contributed by atoms with Gasteiger partial charge in [0.2, 0.25) is 5.91 Å². The third kappa shape index (κ3) is 5.88. The van der Waals surface area contributed by atoms with Gasteiger partial charge < -0.3 is 15.5 Å². The molecular weight excluding hydrogens is 359 g/mol. The molecule has 2 aromatic rings. The van der Waals surface area contributed by atoms with E-state index in [1.165, 1.54) is 0 Å². The molecule has 0 saturated carbocycles. The molecule has 3 rings (SSSR count). The summed E-state index contributed by atoms with van der Waals surface area (Å²) in [6, 6.07) is 14.1. The number of carbonyl (C=O) groups is 1. The SMILES string of the molecule is Cl.Cl.N[C@@H]1CCN(C(=O)CN(Cc2cccnc2)c2ccccc2)C1. The molecule has 1 fully saturated rings. The minimum absolute atomic E-state index is 0. The lowest BCUT2D eigenvalue weighted by molar-refractivity contribution is -0.128. The summed E-state index contributed by atoms with van der Waals surface area (Å²) in [5.74, 6) is 0.130. The predicted octanol–water partition coefficient (Wildman–Crippen LogP) is 2.49. The number of benzene rings is 1. The van der Waals surface area contributed by atoms with Crippen LogP contribution in [0, 0.1) is 0 Å². The smallest absolute Gasteiger partial charge is 0.242 e. The fraction of sp³-hybridized carbons (Fsp3) is 0.333. The maximum absolute atomic E-state index is 12.6. The highest BCUT2D eigenvalue weighted by molar-refractivity contribution is 5.85. The molecule has 1 aromatic carbocycles. The van der Waals surface area contributed by atoms with Gasteiger partial charge in [-0.3, -0.25) is 9.78 Å². The van der Waals surface area contributed by atoms with Gasteiger partial charge in [0.25, 0.3) is 0 Å². The lowest BCUT2D eigenvalue weighted by Gasteiger charge is -2.27. The first kappa shape index (κ1) is 21.2. The maximum Gasteiger partial charge on any atom is 0.242 e. The number of rotatable bonds is 5. The molecule has 0 bridgehead atoms. The summed E-state index contributed by atoms with van der Waals surface area (Å²) in [6.45, 7) is 2.43. The number of hydrogen-bond acceptors (Lipinski definition) is 4. The molecule has 5 nitrogen and oxygen atoms in total. The molecule has 2 heterocycles. The minimum atomic E-state index is 0. The first-order valence-electron chi connectivity index (χ1n) is 7.94. The molecule has 0 spiro atoms. The third-order valence-electron chi connectivity index (χ3n) is 4.12. The van der Waals surface area contributed by atoms with E-state index < -0.39 is 0 Å². The van der Waals surface area contributed by atoms with Crippen LogP contribution in [0.2, 0.25) is 0 Å². The van der Waals surface area contributed by atoms with Crippen LogP contribution in [0.4, 0.5) is 5.69 Å². The second-order valence-corrected chi connectivity index (χ2v) is 5.94. The molecule has 25 heavy (non-hydrogen) atoms. The average molecular weight is 383 g/mol.